The maximum atomic E-state index is 5.57. The average molecular weight is 287 g/mol. The van der Waals surface area contributed by atoms with Crippen LogP contribution in [0.4, 0.5) is 0 Å². The van der Waals surface area contributed by atoms with Crippen molar-refractivity contribution in [3.05, 3.63) is 23.8 Å². The van der Waals surface area contributed by atoms with Crippen LogP contribution in [0.25, 0.3) is 0 Å². The van der Waals surface area contributed by atoms with Crippen molar-refractivity contribution in [1.82, 2.24) is 10.3 Å². The van der Waals surface area contributed by atoms with Crippen LogP contribution in [0.1, 0.15) is 24.4 Å². The van der Waals surface area contributed by atoms with Crippen molar-refractivity contribution in [1.29, 1.82) is 0 Å². The average Bonchev–Trinajstić information content (AvgIpc) is 3.02. The lowest BCUT2D eigenvalue weighted by atomic mass is 9.78. The molecule has 2 bridgehead atoms. The van der Waals surface area contributed by atoms with E-state index in [-0.39, 0.29) is 6.04 Å². The summed E-state index contributed by atoms with van der Waals surface area (Å²) in [6, 6.07) is 6.61. The van der Waals surface area contributed by atoms with Gasteiger partial charge in [0.1, 0.15) is 11.5 Å². The van der Waals surface area contributed by atoms with Gasteiger partial charge in [-0.2, -0.15) is 5.10 Å². The second-order valence-corrected chi connectivity index (χ2v) is 6.01. The fourth-order valence-corrected chi connectivity index (χ4v) is 3.97. The Labute approximate surface area is 124 Å². The van der Waals surface area contributed by atoms with Crippen molar-refractivity contribution in [3.8, 4) is 11.5 Å². The molecule has 4 aliphatic rings. The molecule has 0 amide bonds. The molecule has 0 aliphatic carbocycles. The van der Waals surface area contributed by atoms with Crippen molar-refractivity contribution in [3.63, 3.8) is 0 Å². The molecular weight excluding hydrogens is 266 g/mol. The largest absolute Gasteiger partial charge is 0.497 e. The minimum Gasteiger partial charge on any atom is -0.497 e. The highest BCUT2D eigenvalue weighted by Crippen LogP contribution is 2.41. The second-order valence-electron chi connectivity index (χ2n) is 6.01. The van der Waals surface area contributed by atoms with E-state index in [0.717, 1.165) is 17.1 Å². The molecule has 3 fully saturated rings. The Morgan fingerprint density at radius 1 is 1.19 bits per heavy atom. The molecule has 2 atom stereocenters. The summed E-state index contributed by atoms with van der Waals surface area (Å²) in [4.78, 5) is 2.56. The van der Waals surface area contributed by atoms with E-state index in [1.165, 1.54) is 31.6 Å². The van der Waals surface area contributed by atoms with Crippen LogP contribution >= 0.6 is 0 Å². The Kier molecular flexibility index (Phi) is 3.03. The molecule has 0 aromatic heterocycles. The van der Waals surface area contributed by atoms with E-state index in [4.69, 9.17) is 9.47 Å². The number of benzene rings is 1. The van der Waals surface area contributed by atoms with E-state index in [0.29, 0.717) is 12.0 Å². The lowest BCUT2D eigenvalue weighted by molar-refractivity contribution is 0.133. The van der Waals surface area contributed by atoms with Gasteiger partial charge in [0.25, 0.3) is 0 Å². The summed E-state index contributed by atoms with van der Waals surface area (Å²) in [7, 11) is 3.39. The molecule has 112 valence electrons. The third kappa shape index (κ3) is 1.91. The normalized spacial score (nSPS) is 33.1. The van der Waals surface area contributed by atoms with Gasteiger partial charge >= 0.3 is 0 Å². The predicted molar refractivity (Wildman–Crippen MR) is 80.9 cm³/mol. The zero-order valence-corrected chi connectivity index (χ0v) is 12.5. The molecule has 0 radical (unpaired) electrons. The maximum absolute atomic E-state index is 5.57. The Bertz CT molecular complexity index is 579. The minimum atomic E-state index is 0.184. The lowest BCUT2D eigenvalue weighted by Crippen LogP contribution is -2.56. The topological polar surface area (TPSA) is 46.1 Å². The van der Waals surface area contributed by atoms with Gasteiger partial charge in [0.05, 0.1) is 32.0 Å². The first-order chi connectivity index (χ1) is 10.3. The highest BCUT2D eigenvalue weighted by atomic mass is 16.5. The summed E-state index contributed by atoms with van der Waals surface area (Å²) in [5.41, 5.74) is 5.86. The van der Waals surface area contributed by atoms with Gasteiger partial charge in [-0.15, -0.1) is 0 Å². The second kappa shape index (κ2) is 4.91. The summed E-state index contributed by atoms with van der Waals surface area (Å²) in [6.45, 7) is 2.37. The van der Waals surface area contributed by atoms with Crippen LogP contribution in [0.5, 0.6) is 11.5 Å². The number of nitrogens with one attached hydrogen (secondary N) is 1. The fourth-order valence-electron chi connectivity index (χ4n) is 3.97. The van der Waals surface area contributed by atoms with Crippen LogP contribution in [-0.2, 0) is 0 Å². The number of fused-ring (bicyclic) bond motifs is 2. The summed E-state index contributed by atoms with van der Waals surface area (Å²) < 4.78 is 10.9. The smallest absolute Gasteiger partial charge is 0.127 e. The first-order valence-electron chi connectivity index (χ1n) is 7.61. The molecule has 1 N–H and O–H groups in total. The number of methoxy groups -OCH3 is 2. The van der Waals surface area contributed by atoms with E-state index < -0.39 is 0 Å². The predicted octanol–water partition coefficient (Wildman–Crippen LogP) is 1.80. The molecule has 0 spiro atoms. The van der Waals surface area contributed by atoms with Gasteiger partial charge in [-0.1, -0.05) is 0 Å². The standard InChI is InChI=1S/C16H21N3O2/c1-20-11-3-4-12(13(9-11)21-2)15-16-14(17-18-15)10-5-7-19(16)8-6-10/h3-4,9-10,15-16,18H,5-8H2,1-2H3. The van der Waals surface area contributed by atoms with Crippen LogP contribution < -0.4 is 14.9 Å². The molecule has 4 aliphatic heterocycles. The van der Waals surface area contributed by atoms with E-state index in [2.05, 4.69) is 21.5 Å². The molecule has 4 heterocycles. The van der Waals surface area contributed by atoms with E-state index in [1.807, 2.05) is 12.1 Å². The van der Waals surface area contributed by atoms with Crippen molar-refractivity contribution < 1.29 is 9.47 Å². The van der Waals surface area contributed by atoms with E-state index in [1.54, 1.807) is 14.2 Å². The number of hydrogen-bond donors (Lipinski definition) is 1. The van der Waals surface area contributed by atoms with E-state index in [9.17, 15) is 0 Å². The molecule has 5 heteroatoms. The maximum Gasteiger partial charge on any atom is 0.127 e. The molecular formula is C16H21N3O2. The molecule has 21 heavy (non-hydrogen) atoms. The summed E-state index contributed by atoms with van der Waals surface area (Å²) in [5, 5.41) is 4.65. The van der Waals surface area contributed by atoms with Gasteiger partial charge in [-0.05, 0) is 38.1 Å². The minimum absolute atomic E-state index is 0.184. The van der Waals surface area contributed by atoms with Gasteiger partial charge in [0.2, 0.25) is 0 Å². The number of hydrazone groups is 1. The van der Waals surface area contributed by atoms with Crippen molar-refractivity contribution in [2.24, 2.45) is 11.0 Å². The highest BCUT2D eigenvalue weighted by Gasteiger charge is 2.47. The summed E-state index contributed by atoms with van der Waals surface area (Å²) in [5.74, 6) is 2.35. The fraction of sp³-hybridized carbons (Fsp3) is 0.562. The van der Waals surface area contributed by atoms with Crippen molar-refractivity contribution in [2.75, 3.05) is 27.3 Å². The van der Waals surface area contributed by atoms with Gasteiger partial charge in [-0.25, -0.2) is 0 Å². The van der Waals surface area contributed by atoms with Gasteiger partial charge in [0.15, 0.2) is 0 Å². The number of hydrogen-bond acceptors (Lipinski definition) is 5. The molecule has 5 rings (SSSR count). The molecule has 2 unspecified atom stereocenters. The zero-order valence-electron chi connectivity index (χ0n) is 12.5. The molecule has 1 aromatic carbocycles. The molecule has 3 saturated heterocycles. The highest BCUT2D eigenvalue weighted by molar-refractivity contribution is 5.95. The van der Waals surface area contributed by atoms with Crippen LogP contribution in [0.2, 0.25) is 0 Å². The quantitative estimate of drug-likeness (QED) is 0.921. The first kappa shape index (κ1) is 13.0. The molecule has 0 saturated carbocycles. The lowest BCUT2D eigenvalue weighted by Gasteiger charge is -2.45. The molecule has 5 nitrogen and oxygen atoms in total. The number of ether oxygens (including phenoxy) is 2. The van der Waals surface area contributed by atoms with Gasteiger partial charge < -0.3 is 14.9 Å². The number of rotatable bonds is 3. The summed E-state index contributed by atoms with van der Waals surface area (Å²) in [6.07, 6.45) is 2.51. The number of piperidine rings is 3. The van der Waals surface area contributed by atoms with Crippen LogP contribution in [0.15, 0.2) is 23.3 Å². The Balaban J connectivity index is 1.69. The van der Waals surface area contributed by atoms with Crippen molar-refractivity contribution >= 4 is 5.71 Å². The molecule has 1 aromatic rings. The SMILES string of the molecule is COc1ccc(C2NN=C3C4CCN(CC4)C32)c(OC)c1. The van der Waals surface area contributed by atoms with E-state index >= 15 is 0 Å². The van der Waals surface area contributed by atoms with Gasteiger partial charge in [-0.3, -0.25) is 4.90 Å². The third-order valence-electron chi connectivity index (χ3n) is 5.07. The first-order valence-corrected chi connectivity index (χ1v) is 7.61. The Hall–Kier alpha value is -1.75. The zero-order chi connectivity index (χ0) is 14.4. The van der Waals surface area contributed by atoms with Crippen LogP contribution in [0, 0.1) is 5.92 Å². The Morgan fingerprint density at radius 2 is 2.00 bits per heavy atom. The van der Waals surface area contributed by atoms with Crippen LogP contribution in [0.3, 0.4) is 0 Å². The van der Waals surface area contributed by atoms with Crippen molar-refractivity contribution in [2.45, 2.75) is 24.9 Å². The number of nitrogens with zero attached hydrogens (tertiary/aromatic N) is 2. The summed E-state index contributed by atoms with van der Waals surface area (Å²) >= 11 is 0. The van der Waals surface area contributed by atoms with Gasteiger partial charge in [0, 0.05) is 17.5 Å². The third-order valence-corrected chi connectivity index (χ3v) is 5.07. The monoisotopic (exact) mass is 287 g/mol. The van der Waals surface area contributed by atoms with Crippen LogP contribution in [-0.4, -0.2) is 44.0 Å². The Morgan fingerprint density at radius 3 is 2.71 bits per heavy atom.